The van der Waals surface area contributed by atoms with Crippen LogP contribution in [0.25, 0.3) is 0 Å². The third kappa shape index (κ3) is 40.7. The molecule has 0 aromatic rings. The van der Waals surface area contributed by atoms with Crippen LogP contribution in [-0.2, 0) is 23.8 Å². The predicted octanol–water partition coefficient (Wildman–Crippen LogP) is 12.2. The molecule has 53 heavy (non-hydrogen) atoms. The number of hydrogen-bond acceptors (Lipinski definition) is 7. The van der Waals surface area contributed by atoms with Gasteiger partial charge in [-0.05, 0) is 84.7 Å². The number of alkyl carbamates (subject to hydrolysis) is 1. The maximum atomic E-state index is 12.5. The van der Waals surface area contributed by atoms with Crippen molar-refractivity contribution in [3.8, 4) is 0 Å². The maximum Gasteiger partial charge on any atom is 0.407 e. The molecule has 0 bridgehead atoms. The summed E-state index contributed by atoms with van der Waals surface area (Å²) < 4.78 is 16.3. The van der Waals surface area contributed by atoms with Crippen LogP contribution in [0.3, 0.4) is 0 Å². The number of unbranched alkanes of at least 4 members (excludes halogenated alkanes) is 22. The summed E-state index contributed by atoms with van der Waals surface area (Å²) >= 11 is 0. The van der Waals surface area contributed by atoms with Crippen LogP contribution in [-0.4, -0.2) is 69.4 Å². The van der Waals surface area contributed by atoms with Gasteiger partial charge in [-0.15, -0.1) is 0 Å². The molecular formula is C45H84N2O6. The molecular weight excluding hydrogens is 665 g/mol. The first-order chi connectivity index (χ1) is 25.9. The zero-order chi connectivity index (χ0) is 38.9. The maximum absolute atomic E-state index is 12.5. The number of carbonyl (C=O) groups is 3. The van der Waals surface area contributed by atoms with E-state index in [4.69, 9.17) is 14.2 Å². The standard InChI is InChI=1S/C45H84N2O6/c1-5-7-9-11-13-15-17-19-21-23-25-27-29-31-33-36-43(48)52-40-42(46-45(50)51-39-35-38-47(3)4)41-53-44(49)37-34-32-30-28-26-24-22-20-18-16-14-12-10-8-6-2/h19-22,42H,5-18,23-41H2,1-4H3,(H,46,50). The SMILES string of the molecule is CCCCCCCCC=CCCCCCCCC(=O)OCC(COC(=O)CCCCCCCC=CCCCCCCCC)NC(=O)OCCCN(C)C. The molecule has 0 unspecified atom stereocenters. The van der Waals surface area contributed by atoms with Gasteiger partial charge in [-0.3, -0.25) is 9.59 Å². The summed E-state index contributed by atoms with van der Waals surface area (Å²) in [4.78, 5) is 39.3. The van der Waals surface area contributed by atoms with Gasteiger partial charge in [-0.2, -0.15) is 0 Å². The number of hydrogen-bond donors (Lipinski definition) is 1. The molecule has 0 aliphatic carbocycles. The molecule has 8 heteroatoms. The molecule has 310 valence electrons. The monoisotopic (exact) mass is 749 g/mol. The Bertz CT molecular complexity index is 834. The van der Waals surface area contributed by atoms with E-state index in [1.54, 1.807) is 0 Å². The summed E-state index contributed by atoms with van der Waals surface area (Å²) in [5, 5.41) is 2.72. The molecule has 1 amide bonds. The van der Waals surface area contributed by atoms with E-state index in [2.05, 4.69) is 43.5 Å². The van der Waals surface area contributed by atoms with Crippen LogP contribution in [0.1, 0.15) is 200 Å². The second kappa shape index (κ2) is 40.8. The molecule has 0 fully saturated rings. The summed E-state index contributed by atoms with van der Waals surface area (Å²) in [5.41, 5.74) is 0. The van der Waals surface area contributed by atoms with Gasteiger partial charge in [0.1, 0.15) is 19.3 Å². The molecule has 0 spiro atoms. The summed E-state index contributed by atoms with van der Waals surface area (Å²) in [6, 6.07) is -0.660. The summed E-state index contributed by atoms with van der Waals surface area (Å²) in [6.07, 6.45) is 41.4. The molecule has 1 N–H and O–H groups in total. The van der Waals surface area contributed by atoms with Crippen molar-refractivity contribution in [3.63, 3.8) is 0 Å². The Balaban J connectivity index is 4.19. The number of amides is 1. The van der Waals surface area contributed by atoms with Crippen LogP contribution in [0, 0.1) is 0 Å². The normalized spacial score (nSPS) is 12.2. The second-order valence-electron chi connectivity index (χ2n) is 15.2. The van der Waals surface area contributed by atoms with E-state index in [-0.39, 0.29) is 31.8 Å². The quantitative estimate of drug-likeness (QED) is 0.0289. The second-order valence-corrected chi connectivity index (χ2v) is 15.2. The first-order valence-corrected chi connectivity index (χ1v) is 22.1. The summed E-state index contributed by atoms with van der Waals surface area (Å²) in [7, 11) is 3.93. The van der Waals surface area contributed by atoms with Crippen molar-refractivity contribution in [1.29, 1.82) is 0 Å². The molecule has 0 aliphatic rings. The lowest BCUT2D eigenvalue weighted by atomic mass is 10.1. The largest absolute Gasteiger partial charge is 0.463 e. The minimum Gasteiger partial charge on any atom is -0.463 e. The first-order valence-electron chi connectivity index (χ1n) is 22.1. The van der Waals surface area contributed by atoms with Crippen molar-refractivity contribution in [3.05, 3.63) is 24.3 Å². The Morgan fingerprint density at radius 3 is 1.23 bits per heavy atom. The smallest absolute Gasteiger partial charge is 0.407 e. The Morgan fingerprint density at radius 2 is 0.849 bits per heavy atom. The highest BCUT2D eigenvalue weighted by Gasteiger charge is 2.18. The number of nitrogens with zero attached hydrogens (tertiary/aromatic N) is 1. The highest BCUT2D eigenvalue weighted by Crippen LogP contribution is 2.12. The number of ether oxygens (including phenoxy) is 3. The number of esters is 2. The average Bonchev–Trinajstić information content (AvgIpc) is 3.14. The highest BCUT2D eigenvalue weighted by molar-refractivity contribution is 5.70. The van der Waals surface area contributed by atoms with Crippen LogP contribution in [0.2, 0.25) is 0 Å². The molecule has 0 aromatic heterocycles. The van der Waals surface area contributed by atoms with Gasteiger partial charge in [0.15, 0.2) is 0 Å². The lowest BCUT2D eigenvalue weighted by Crippen LogP contribution is -2.43. The molecule has 0 aromatic carbocycles. The number of carbonyl (C=O) groups excluding carboxylic acids is 3. The molecule has 0 heterocycles. The third-order valence-electron chi connectivity index (χ3n) is 9.48. The van der Waals surface area contributed by atoms with Gasteiger partial charge in [0.2, 0.25) is 0 Å². The third-order valence-corrected chi connectivity index (χ3v) is 9.48. The first kappa shape index (κ1) is 50.6. The number of nitrogens with one attached hydrogen (secondary N) is 1. The van der Waals surface area contributed by atoms with Crippen LogP contribution in [0.15, 0.2) is 24.3 Å². The fourth-order valence-electron chi connectivity index (χ4n) is 6.10. The van der Waals surface area contributed by atoms with Crippen LogP contribution >= 0.6 is 0 Å². The van der Waals surface area contributed by atoms with Gasteiger partial charge in [-0.1, -0.05) is 141 Å². The van der Waals surface area contributed by atoms with Gasteiger partial charge in [0.25, 0.3) is 0 Å². The highest BCUT2D eigenvalue weighted by atomic mass is 16.6. The zero-order valence-corrected chi connectivity index (χ0v) is 35.1. The molecule has 0 aliphatic heterocycles. The zero-order valence-electron chi connectivity index (χ0n) is 35.1. The number of allylic oxidation sites excluding steroid dienone is 4. The van der Waals surface area contributed by atoms with Crippen molar-refractivity contribution in [1.82, 2.24) is 10.2 Å². The molecule has 8 nitrogen and oxygen atoms in total. The fourth-order valence-corrected chi connectivity index (χ4v) is 6.10. The fraction of sp³-hybridized carbons (Fsp3) is 0.844. The van der Waals surface area contributed by atoms with Crippen molar-refractivity contribution in [2.24, 2.45) is 0 Å². The molecule has 0 radical (unpaired) electrons. The lowest BCUT2D eigenvalue weighted by molar-refractivity contribution is -0.147. The van der Waals surface area contributed by atoms with E-state index >= 15 is 0 Å². The van der Waals surface area contributed by atoms with E-state index in [9.17, 15) is 14.4 Å². The topological polar surface area (TPSA) is 94.2 Å². The molecule has 0 saturated carbocycles. The van der Waals surface area contributed by atoms with Gasteiger partial charge in [-0.25, -0.2) is 4.79 Å². The van der Waals surface area contributed by atoms with E-state index in [1.165, 1.54) is 116 Å². The Hall–Kier alpha value is -2.35. The summed E-state index contributed by atoms with van der Waals surface area (Å²) in [6.45, 7) is 5.48. The van der Waals surface area contributed by atoms with E-state index < -0.39 is 12.1 Å². The average molecular weight is 749 g/mol. The Kier molecular flexibility index (Phi) is 39.0. The van der Waals surface area contributed by atoms with Gasteiger partial charge in [0, 0.05) is 19.4 Å². The Labute approximate surface area is 327 Å². The van der Waals surface area contributed by atoms with Crippen molar-refractivity contribution in [2.45, 2.75) is 206 Å². The molecule has 0 atom stereocenters. The lowest BCUT2D eigenvalue weighted by Gasteiger charge is -2.19. The molecule has 0 rings (SSSR count). The van der Waals surface area contributed by atoms with Crippen LogP contribution in [0.5, 0.6) is 0 Å². The van der Waals surface area contributed by atoms with Crippen LogP contribution < -0.4 is 5.32 Å². The van der Waals surface area contributed by atoms with E-state index in [1.807, 2.05) is 19.0 Å². The van der Waals surface area contributed by atoms with Crippen molar-refractivity contribution >= 4 is 18.0 Å². The van der Waals surface area contributed by atoms with Crippen molar-refractivity contribution in [2.75, 3.05) is 40.5 Å². The summed E-state index contributed by atoms with van der Waals surface area (Å²) in [5.74, 6) is -0.596. The van der Waals surface area contributed by atoms with E-state index in [0.717, 1.165) is 57.9 Å². The van der Waals surface area contributed by atoms with Gasteiger partial charge >= 0.3 is 18.0 Å². The van der Waals surface area contributed by atoms with Gasteiger partial charge < -0.3 is 24.4 Å². The Morgan fingerprint density at radius 1 is 0.491 bits per heavy atom. The minimum atomic E-state index is -0.660. The van der Waals surface area contributed by atoms with E-state index in [0.29, 0.717) is 19.3 Å². The minimum absolute atomic E-state index is 0.0581. The predicted molar refractivity (Wildman–Crippen MR) is 222 cm³/mol. The number of rotatable bonds is 39. The molecule has 0 saturated heterocycles. The van der Waals surface area contributed by atoms with Crippen LogP contribution in [0.4, 0.5) is 4.79 Å². The van der Waals surface area contributed by atoms with Gasteiger partial charge in [0.05, 0.1) is 6.61 Å². The van der Waals surface area contributed by atoms with Crippen molar-refractivity contribution < 1.29 is 28.6 Å².